The predicted octanol–water partition coefficient (Wildman–Crippen LogP) is 4.10. The highest BCUT2D eigenvalue weighted by molar-refractivity contribution is 6.31. The van der Waals surface area contributed by atoms with E-state index in [1.54, 1.807) is 20.1 Å². The number of halogens is 1. The van der Waals surface area contributed by atoms with E-state index in [1.807, 2.05) is 43.3 Å². The normalized spacial score (nSPS) is 11.6. The van der Waals surface area contributed by atoms with E-state index in [0.717, 1.165) is 16.9 Å². The maximum atomic E-state index is 12.2. The van der Waals surface area contributed by atoms with Crippen molar-refractivity contribution in [3.8, 4) is 5.75 Å². The summed E-state index contributed by atoms with van der Waals surface area (Å²) in [7, 11) is 1.57. The van der Waals surface area contributed by atoms with E-state index >= 15 is 0 Å². The first kappa shape index (κ1) is 16.2. The van der Waals surface area contributed by atoms with Crippen molar-refractivity contribution < 1.29 is 9.53 Å². The first-order valence-electron chi connectivity index (χ1n) is 6.98. The number of nitrogens with one attached hydrogen (secondary N) is 2. The zero-order chi connectivity index (χ0) is 16.1. The SMILES string of the molecule is COc1cc(Cl)c(C)cc1N[C@@H](C)C(=O)Nc1ccccc1. The Labute approximate surface area is 135 Å². The van der Waals surface area contributed by atoms with Crippen molar-refractivity contribution in [2.24, 2.45) is 0 Å². The largest absolute Gasteiger partial charge is 0.495 e. The molecule has 0 bridgehead atoms. The lowest BCUT2D eigenvalue weighted by atomic mass is 10.2. The molecule has 0 radical (unpaired) electrons. The molecule has 2 aromatic carbocycles. The molecule has 0 aromatic heterocycles. The van der Waals surface area contributed by atoms with E-state index in [0.29, 0.717) is 10.8 Å². The van der Waals surface area contributed by atoms with E-state index in [9.17, 15) is 4.79 Å². The molecule has 116 valence electrons. The first-order chi connectivity index (χ1) is 10.5. The maximum absolute atomic E-state index is 12.2. The molecule has 0 aliphatic carbocycles. The monoisotopic (exact) mass is 318 g/mol. The Morgan fingerprint density at radius 2 is 1.91 bits per heavy atom. The molecule has 0 saturated carbocycles. The van der Waals surface area contributed by atoms with E-state index in [-0.39, 0.29) is 5.91 Å². The van der Waals surface area contributed by atoms with Crippen molar-refractivity contribution in [1.29, 1.82) is 0 Å². The third-order valence-corrected chi connectivity index (χ3v) is 3.69. The lowest BCUT2D eigenvalue weighted by Crippen LogP contribution is -2.32. The summed E-state index contributed by atoms with van der Waals surface area (Å²) in [6.07, 6.45) is 0. The second kappa shape index (κ2) is 7.18. The molecule has 0 aliphatic rings. The second-order valence-corrected chi connectivity index (χ2v) is 5.43. The van der Waals surface area contributed by atoms with Gasteiger partial charge in [0.2, 0.25) is 5.91 Å². The van der Waals surface area contributed by atoms with Crippen LogP contribution in [0.1, 0.15) is 12.5 Å². The fourth-order valence-electron chi connectivity index (χ4n) is 2.02. The average Bonchev–Trinajstić information content (AvgIpc) is 2.51. The van der Waals surface area contributed by atoms with E-state index in [1.165, 1.54) is 0 Å². The summed E-state index contributed by atoms with van der Waals surface area (Å²) < 4.78 is 5.30. The number of aryl methyl sites for hydroxylation is 1. The summed E-state index contributed by atoms with van der Waals surface area (Å²) in [5, 5.41) is 6.64. The topological polar surface area (TPSA) is 50.4 Å². The van der Waals surface area contributed by atoms with Crippen molar-refractivity contribution in [3.63, 3.8) is 0 Å². The molecule has 4 nitrogen and oxygen atoms in total. The Morgan fingerprint density at radius 1 is 1.23 bits per heavy atom. The molecule has 5 heteroatoms. The number of para-hydroxylation sites is 1. The van der Waals surface area contributed by atoms with Crippen LogP contribution in [0.4, 0.5) is 11.4 Å². The second-order valence-electron chi connectivity index (χ2n) is 5.02. The molecule has 22 heavy (non-hydrogen) atoms. The number of hydrogen-bond acceptors (Lipinski definition) is 3. The zero-order valence-corrected chi connectivity index (χ0v) is 13.6. The molecule has 1 amide bonds. The third kappa shape index (κ3) is 3.92. The lowest BCUT2D eigenvalue weighted by Gasteiger charge is -2.18. The number of amides is 1. The smallest absolute Gasteiger partial charge is 0.246 e. The number of hydrogen-bond donors (Lipinski definition) is 2. The summed E-state index contributed by atoms with van der Waals surface area (Å²) in [6, 6.07) is 12.5. The van der Waals surface area contributed by atoms with Crippen molar-refractivity contribution in [1.82, 2.24) is 0 Å². The number of methoxy groups -OCH3 is 1. The van der Waals surface area contributed by atoms with Crippen LogP contribution < -0.4 is 15.4 Å². The Bertz CT molecular complexity index is 659. The molecule has 0 aliphatic heterocycles. The molecule has 0 heterocycles. The fraction of sp³-hybridized carbons (Fsp3) is 0.235. The minimum absolute atomic E-state index is 0.124. The van der Waals surface area contributed by atoms with Crippen LogP contribution in [0.15, 0.2) is 42.5 Å². The Balaban J connectivity index is 2.10. The molecule has 0 spiro atoms. The van der Waals surface area contributed by atoms with Crippen LogP contribution in [-0.2, 0) is 4.79 Å². The first-order valence-corrected chi connectivity index (χ1v) is 7.35. The van der Waals surface area contributed by atoms with Gasteiger partial charge in [-0.15, -0.1) is 0 Å². The van der Waals surface area contributed by atoms with Gasteiger partial charge in [0.1, 0.15) is 11.8 Å². The predicted molar refractivity (Wildman–Crippen MR) is 90.9 cm³/mol. The zero-order valence-electron chi connectivity index (χ0n) is 12.8. The standard InChI is InChI=1S/C17H19ClN2O2/c1-11-9-15(16(22-3)10-14(11)18)19-12(2)17(21)20-13-7-5-4-6-8-13/h4-10,12,19H,1-3H3,(H,20,21)/t12-/m0/s1. The number of carbonyl (C=O) groups is 1. The van der Waals surface area contributed by atoms with Crippen LogP contribution >= 0.6 is 11.6 Å². The quantitative estimate of drug-likeness (QED) is 0.872. The Hall–Kier alpha value is -2.20. The fourth-order valence-corrected chi connectivity index (χ4v) is 2.17. The molecular formula is C17H19ClN2O2. The van der Waals surface area contributed by atoms with Crippen LogP contribution in [0, 0.1) is 6.92 Å². The van der Waals surface area contributed by atoms with Gasteiger partial charge in [-0.2, -0.15) is 0 Å². The summed E-state index contributed by atoms with van der Waals surface area (Å²) in [4.78, 5) is 12.2. The van der Waals surface area contributed by atoms with Crippen LogP contribution in [-0.4, -0.2) is 19.1 Å². The van der Waals surface area contributed by atoms with Gasteiger partial charge in [-0.3, -0.25) is 4.79 Å². The van der Waals surface area contributed by atoms with E-state index in [2.05, 4.69) is 10.6 Å². The third-order valence-electron chi connectivity index (χ3n) is 3.29. The van der Waals surface area contributed by atoms with Gasteiger partial charge in [-0.1, -0.05) is 29.8 Å². The van der Waals surface area contributed by atoms with E-state index < -0.39 is 6.04 Å². The number of carbonyl (C=O) groups excluding carboxylic acids is 1. The van der Waals surface area contributed by atoms with Crippen molar-refractivity contribution in [2.45, 2.75) is 19.9 Å². The molecular weight excluding hydrogens is 300 g/mol. The van der Waals surface area contributed by atoms with Gasteiger partial charge >= 0.3 is 0 Å². The van der Waals surface area contributed by atoms with Gasteiger partial charge in [0.15, 0.2) is 0 Å². The number of anilines is 2. The highest BCUT2D eigenvalue weighted by atomic mass is 35.5. The highest BCUT2D eigenvalue weighted by Crippen LogP contribution is 2.31. The van der Waals surface area contributed by atoms with Gasteiger partial charge in [0.05, 0.1) is 12.8 Å². The van der Waals surface area contributed by atoms with Crippen molar-refractivity contribution >= 4 is 28.9 Å². The summed E-state index contributed by atoms with van der Waals surface area (Å²) in [5.74, 6) is 0.482. The van der Waals surface area contributed by atoms with Crippen LogP contribution in [0.2, 0.25) is 5.02 Å². The number of benzene rings is 2. The van der Waals surface area contributed by atoms with Gasteiger partial charge < -0.3 is 15.4 Å². The Kier molecular flexibility index (Phi) is 5.28. The van der Waals surface area contributed by atoms with E-state index in [4.69, 9.17) is 16.3 Å². The minimum Gasteiger partial charge on any atom is -0.495 e. The van der Waals surface area contributed by atoms with Crippen LogP contribution in [0.5, 0.6) is 5.75 Å². The average molecular weight is 319 g/mol. The van der Waals surface area contributed by atoms with Crippen molar-refractivity contribution in [3.05, 3.63) is 53.1 Å². The molecule has 0 unspecified atom stereocenters. The van der Waals surface area contributed by atoms with Gasteiger partial charge in [0.25, 0.3) is 0 Å². The number of rotatable bonds is 5. The molecule has 2 aromatic rings. The van der Waals surface area contributed by atoms with Gasteiger partial charge in [-0.25, -0.2) is 0 Å². The number of ether oxygens (including phenoxy) is 1. The molecule has 2 rings (SSSR count). The summed E-state index contributed by atoms with van der Waals surface area (Å²) >= 11 is 6.08. The van der Waals surface area contributed by atoms with Crippen LogP contribution in [0.25, 0.3) is 0 Å². The summed E-state index contributed by atoms with van der Waals surface area (Å²) in [6.45, 7) is 3.70. The summed E-state index contributed by atoms with van der Waals surface area (Å²) in [5.41, 5.74) is 2.42. The van der Waals surface area contributed by atoms with Gasteiger partial charge in [-0.05, 0) is 37.6 Å². The molecule has 1 atom stereocenters. The van der Waals surface area contributed by atoms with Gasteiger partial charge in [0, 0.05) is 16.8 Å². The molecule has 0 saturated heterocycles. The van der Waals surface area contributed by atoms with Crippen molar-refractivity contribution in [2.75, 3.05) is 17.7 Å². The molecule has 2 N–H and O–H groups in total. The minimum atomic E-state index is -0.422. The highest BCUT2D eigenvalue weighted by Gasteiger charge is 2.15. The molecule has 0 fully saturated rings. The maximum Gasteiger partial charge on any atom is 0.246 e. The Morgan fingerprint density at radius 3 is 2.55 bits per heavy atom. The van der Waals surface area contributed by atoms with Crippen LogP contribution in [0.3, 0.4) is 0 Å². The lowest BCUT2D eigenvalue weighted by molar-refractivity contribution is -0.116.